The molecule has 5 atom stereocenters. The van der Waals surface area contributed by atoms with Gasteiger partial charge in [0.1, 0.15) is 12.7 Å². The van der Waals surface area contributed by atoms with Crippen LogP contribution in [0.2, 0.25) is 0 Å². The molecule has 0 unspecified atom stereocenters. The Morgan fingerprint density at radius 2 is 1.52 bits per heavy atom. The maximum atomic E-state index is 11.5. The van der Waals surface area contributed by atoms with Crippen LogP contribution in [0.5, 0.6) is 0 Å². The summed E-state index contributed by atoms with van der Waals surface area (Å²) in [5.74, 6) is -6.21. The highest BCUT2D eigenvalue weighted by Gasteiger charge is 2.59. The third-order valence-corrected chi connectivity index (χ3v) is 3.22. The first-order valence-corrected chi connectivity index (χ1v) is 7.61. The standard InChI is InChI=1S/C14H19N3O10/c1-6(18)23-5-10-11(24-7(2)19)12(25-8(3)20)13(26-9(4)21)14(22,27-10)16-17-15/h10-13,22H,5H2,1-4H3/t10-,11+,12+,13-,14-/m1/s1. The number of carbonyl (C=O) groups excluding carboxylic acids is 4. The van der Waals surface area contributed by atoms with E-state index in [-0.39, 0.29) is 0 Å². The highest BCUT2D eigenvalue weighted by Crippen LogP contribution is 2.35. The van der Waals surface area contributed by atoms with Gasteiger partial charge in [0.2, 0.25) is 6.10 Å². The summed E-state index contributed by atoms with van der Waals surface area (Å²) >= 11 is 0. The molecular weight excluding hydrogens is 370 g/mol. The summed E-state index contributed by atoms with van der Waals surface area (Å²) in [7, 11) is 0. The minimum atomic E-state index is -2.83. The number of nitrogens with zero attached hydrogens (tertiary/aromatic N) is 3. The van der Waals surface area contributed by atoms with Crippen LogP contribution in [0.25, 0.3) is 10.4 Å². The van der Waals surface area contributed by atoms with Crippen molar-refractivity contribution in [2.75, 3.05) is 6.61 Å². The Balaban J connectivity index is 3.43. The normalized spacial score (nSPS) is 29.7. The van der Waals surface area contributed by atoms with Crippen LogP contribution >= 0.6 is 0 Å². The van der Waals surface area contributed by atoms with Gasteiger partial charge in [-0.05, 0) is 10.6 Å². The van der Waals surface area contributed by atoms with Gasteiger partial charge >= 0.3 is 23.9 Å². The maximum absolute atomic E-state index is 11.5. The van der Waals surface area contributed by atoms with Gasteiger partial charge in [0.15, 0.2) is 12.2 Å². The van der Waals surface area contributed by atoms with Gasteiger partial charge in [-0.15, -0.1) is 0 Å². The molecule has 1 aliphatic rings. The van der Waals surface area contributed by atoms with E-state index in [1.807, 2.05) is 0 Å². The zero-order valence-corrected chi connectivity index (χ0v) is 15.0. The number of hydrogen-bond donors (Lipinski definition) is 1. The molecule has 0 aromatic rings. The zero-order valence-electron chi connectivity index (χ0n) is 15.0. The molecule has 0 amide bonds. The van der Waals surface area contributed by atoms with Gasteiger partial charge in [-0.1, -0.05) is 0 Å². The van der Waals surface area contributed by atoms with Crippen LogP contribution in [0.1, 0.15) is 27.7 Å². The Labute approximate surface area is 153 Å². The van der Waals surface area contributed by atoms with E-state index in [1.54, 1.807) is 0 Å². The van der Waals surface area contributed by atoms with E-state index in [0.29, 0.717) is 0 Å². The van der Waals surface area contributed by atoms with Gasteiger partial charge in [0.05, 0.1) is 0 Å². The number of carbonyl (C=O) groups is 4. The summed E-state index contributed by atoms with van der Waals surface area (Å²) in [4.78, 5) is 47.9. The van der Waals surface area contributed by atoms with Crippen LogP contribution in [0.4, 0.5) is 0 Å². The van der Waals surface area contributed by atoms with E-state index in [0.717, 1.165) is 27.7 Å². The SMILES string of the molecule is CC(=O)OC[C@H]1O[C@@](O)(N=[N+]=[N-])[C@H](OC(C)=O)[C@@H](OC(C)=O)[C@H]1OC(C)=O. The molecule has 0 radical (unpaired) electrons. The van der Waals surface area contributed by atoms with Gasteiger partial charge in [-0.3, -0.25) is 19.2 Å². The number of hydrogen-bond acceptors (Lipinski definition) is 11. The van der Waals surface area contributed by atoms with Crippen LogP contribution in [-0.4, -0.2) is 65.9 Å². The summed E-state index contributed by atoms with van der Waals surface area (Å²) in [6, 6.07) is 0. The Hall–Kier alpha value is -2.89. The van der Waals surface area contributed by atoms with E-state index in [1.165, 1.54) is 0 Å². The molecule has 13 nitrogen and oxygen atoms in total. The second kappa shape index (κ2) is 9.16. The zero-order chi connectivity index (χ0) is 20.8. The van der Waals surface area contributed by atoms with Crippen LogP contribution in [0.3, 0.4) is 0 Å². The Morgan fingerprint density at radius 1 is 1.00 bits per heavy atom. The molecule has 0 bridgehead atoms. The molecular formula is C14H19N3O10. The van der Waals surface area contributed by atoms with E-state index >= 15 is 0 Å². The largest absolute Gasteiger partial charge is 0.463 e. The molecule has 1 aliphatic heterocycles. The molecule has 1 saturated heterocycles. The van der Waals surface area contributed by atoms with Crippen LogP contribution < -0.4 is 0 Å². The second-order valence-corrected chi connectivity index (χ2v) is 5.49. The topological polar surface area (TPSA) is 183 Å². The summed E-state index contributed by atoms with van der Waals surface area (Å²) in [5.41, 5.74) is 8.72. The van der Waals surface area contributed by atoms with Gasteiger partial charge in [0.25, 0.3) is 5.91 Å². The monoisotopic (exact) mass is 389 g/mol. The van der Waals surface area contributed by atoms with Crippen LogP contribution in [0, 0.1) is 0 Å². The minimum Gasteiger partial charge on any atom is -0.463 e. The van der Waals surface area contributed by atoms with E-state index in [4.69, 9.17) is 29.2 Å². The van der Waals surface area contributed by atoms with Gasteiger partial charge in [-0.2, -0.15) is 0 Å². The molecule has 0 saturated carbocycles. The fraction of sp³-hybridized carbons (Fsp3) is 0.714. The highest BCUT2D eigenvalue weighted by molar-refractivity contribution is 5.68. The Bertz CT molecular complexity index is 662. The molecule has 0 spiro atoms. The molecule has 0 aliphatic carbocycles. The molecule has 1 heterocycles. The molecule has 27 heavy (non-hydrogen) atoms. The second-order valence-electron chi connectivity index (χ2n) is 5.49. The van der Waals surface area contributed by atoms with Crippen LogP contribution in [-0.2, 0) is 42.9 Å². The van der Waals surface area contributed by atoms with Crippen molar-refractivity contribution in [3.63, 3.8) is 0 Å². The van der Waals surface area contributed by atoms with Gasteiger partial charge in [-0.25, -0.2) is 0 Å². The lowest BCUT2D eigenvalue weighted by atomic mass is 9.95. The van der Waals surface area contributed by atoms with Crippen molar-refractivity contribution in [2.45, 2.75) is 58.0 Å². The molecule has 13 heteroatoms. The average molecular weight is 389 g/mol. The van der Waals surface area contributed by atoms with E-state index in [9.17, 15) is 24.3 Å². The summed E-state index contributed by atoms with van der Waals surface area (Å²) in [5, 5.41) is 13.6. The van der Waals surface area contributed by atoms with Gasteiger partial charge < -0.3 is 28.8 Å². The first kappa shape index (κ1) is 22.2. The Morgan fingerprint density at radius 3 is 1.96 bits per heavy atom. The van der Waals surface area contributed by atoms with Crippen molar-refractivity contribution in [3.05, 3.63) is 10.4 Å². The third-order valence-electron chi connectivity index (χ3n) is 3.22. The highest BCUT2D eigenvalue weighted by atomic mass is 16.7. The van der Waals surface area contributed by atoms with Crippen molar-refractivity contribution < 1.29 is 48.0 Å². The van der Waals surface area contributed by atoms with Crippen molar-refractivity contribution in [1.82, 2.24) is 0 Å². The van der Waals surface area contributed by atoms with E-state index in [2.05, 4.69) is 10.0 Å². The molecule has 0 aromatic carbocycles. The van der Waals surface area contributed by atoms with Crippen molar-refractivity contribution in [2.24, 2.45) is 5.11 Å². The number of ether oxygens (including phenoxy) is 5. The molecule has 1 N–H and O–H groups in total. The first-order chi connectivity index (χ1) is 12.5. The van der Waals surface area contributed by atoms with Crippen LogP contribution in [0.15, 0.2) is 5.11 Å². The van der Waals surface area contributed by atoms with Gasteiger partial charge in [0, 0.05) is 32.6 Å². The lowest BCUT2D eigenvalue weighted by molar-refractivity contribution is -0.349. The summed E-state index contributed by atoms with van der Waals surface area (Å²) < 4.78 is 25.0. The van der Waals surface area contributed by atoms with Crippen molar-refractivity contribution in [3.8, 4) is 0 Å². The fourth-order valence-electron chi connectivity index (χ4n) is 2.41. The number of azide groups is 1. The lowest BCUT2D eigenvalue weighted by Gasteiger charge is -2.46. The summed E-state index contributed by atoms with van der Waals surface area (Å²) in [6.45, 7) is 3.57. The predicted octanol–water partition coefficient (Wildman–Crippen LogP) is -0.300. The molecule has 1 rings (SSSR count). The fourth-order valence-corrected chi connectivity index (χ4v) is 2.41. The smallest absolute Gasteiger partial charge is 0.303 e. The lowest BCUT2D eigenvalue weighted by Crippen LogP contribution is -2.67. The summed E-state index contributed by atoms with van der Waals surface area (Å²) in [6.07, 6.45) is -6.36. The third kappa shape index (κ3) is 6.09. The van der Waals surface area contributed by atoms with Crippen molar-refractivity contribution in [1.29, 1.82) is 0 Å². The average Bonchev–Trinajstić information content (AvgIpc) is 2.51. The number of rotatable bonds is 6. The quantitative estimate of drug-likeness (QED) is 0.208. The maximum Gasteiger partial charge on any atom is 0.303 e. The minimum absolute atomic E-state index is 0.554. The number of aliphatic hydroxyl groups is 1. The predicted molar refractivity (Wildman–Crippen MR) is 82.3 cm³/mol. The Kier molecular flexibility index (Phi) is 7.52. The first-order valence-electron chi connectivity index (χ1n) is 7.61. The number of esters is 4. The molecule has 150 valence electrons. The molecule has 0 aromatic heterocycles. The van der Waals surface area contributed by atoms with Crippen molar-refractivity contribution >= 4 is 23.9 Å². The van der Waals surface area contributed by atoms with E-state index < -0.39 is 60.8 Å². The molecule has 1 fully saturated rings.